The van der Waals surface area contributed by atoms with Crippen molar-refractivity contribution in [2.75, 3.05) is 38.6 Å². The summed E-state index contributed by atoms with van der Waals surface area (Å²) in [6.07, 6.45) is 3.88. The zero-order valence-electron chi connectivity index (χ0n) is 10.8. The zero-order valence-corrected chi connectivity index (χ0v) is 11.7. The number of carboxylic acids is 1. The fourth-order valence-corrected chi connectivity index (χ4v) is 3.95. The number of carbonyl (C=O) groups is 1. The van der Waals surface area contributed by atoms with Crippen LogP contribution in [0.15, 0.2) is 0 Å². The summed E-state index contributed by atoms with van der Waals surface area (Å²) in [6, 6.07) is 0. The summed E-state index contributed by atoms with van der Waals surface area (Å²) < 4.78 is 5.33. The number of ether oxygens (including phenoxy) is 1. The molecule has 0 aromatic carbocycles. The van der Waals surface area contributed by atoms with Crippen molar-refractivity contribution < 1.29 is 14.6 Å². The smallest absolute Gasteiger partial charge is 0.306 e. The largest absolute Gasteiger partial charge is 0.481 e. The number of morpholine rings is 1. The predicted molar refractivity (Wildman–Crippen MR) is 73.1 cm³/mol. The van der Waals surface area contributed by atoms with Gasteiger partial charge in [-0.2, -0.15) is 11.8 Å². The van der Waals surface area contributed by atoms with E-state index in [4.69, 9.17) is 9.84 Å². The molecule has 1 saturated carbocycles. The highest BCUT2D eigenvalue weighted by Crippen LogP contribution is 2.31. The van der Waals surface area contributed by atoms with Crippen LogP contribution in [-0.2, 0) is 9.53 Å². The Morgan fingerprint density at radius 2 is 1.89 bits per heavy atom. The highest BCUT2D eigenvalue weighted by molar-refractivity contribution is 7.99. The molecule has 0 spiro atoms. The van der Waals surface area contributed by atoms with E-state index in [1.165, 1.54) is 5.75 Å². The molecule has 1 aliphatic heterocycles. The number of nitrogens with zero attached hydrogens (tertiary/aromatic N) is 1. The van der Waals surface area contributed by atoms with Gasteiger partial charge in [-0.1, -0.05) is 0 Å². The maximum absolute atomic E-state index is 10.9. The molecule has 5 heteroatoms. The second-order valence-electron chi connectivity index (χ2n) is 5.14. The first kappa shape index (κ1) is 14.2. The monoisotopic (exact) mass is 273 g/mol. The number of thioether (sulfide) groups is 1. The van der Waals surface area contributed by atoms with Gasteiger partial charge in [0.15, 0.2) is 0 Å². The molecule has 1 heterocycles. The second-order valence-corrected chi connectivity index (χ2v) is 6.54. The Kier molecular flexibility index (Phi) is 5.79. The van der Waals surface area contributed by atoms with E-state index in [0.717, 1.165) is 58.5 Å². The van der Waals surface area contributed by atoms with Gasteiger partial charge in [0.2, 0.25) is 0 Å². The summed E-state index contributed by atoms with van der Waals surface area (Å²) in [5.74, 6) is 0.482. The van der Waals surface area contributed by atoms with E-state index in [9.17, 15) is 4.79 Å². The Morgan fingerprint density at radius 3 is 2.50 bits per heavy atom. The van der Waals surface area contributed by atoms with Gasteiger partial charge in [0.25, 0.3) is 0 Å². The van der Waals surface area contributed by atoms with Crippen LogP contribution in [-0.4, -0.2) is 59.8 Å². The predicted octanol–water partition coefficient (Wildman–Crippen LogP) is 1.70. The van der Waals surface area contributed by atoms with Gasteiger partial charge in [0.1, 0.15) is 0 Å². The molecular weight excluding hydrogens is 250 g/mol. The molecule has 4 nitrogen and oxygen atoms in total. The van der Waals surface area contributed by atoms with Crippen LogP contribution in [0.3, 0.4) is 0 Å². The molecule has 0 aromatic rings. The van der Waals surface area contributed by atoms with Crippen molar-refractivity contribution in [1.29, 1.82) is 0 Å². The van der Waals surface area contributed by atoms with Crippen LogP contribution in [0.25, 0.3) is 0 Å². The molecule has 2 aliphatic rings. The van der Waals surface area contributed by atoms with Crippen LogP contribution in [0.4, 0.5) is 0 Å². The van der Waals surface area contributed by atoms with Crippen LogP contribution in [0, 0.1) is 5.92 Å². The van der Waals surface area contributed by atoms with Gasteiger partial charge in [0, 0.05) is 30.6 Å². The maximum Gasteiger partial charge on any atom is 0.306 e. The van der Waals surface area contributed by atoms with E-state index in [2.05, 4.69) is 4.90 Å². The minimum absolute atomic E-state index is 0.0823. The lowest BCUT2D eigenvalue weighted by Crippen LogP contribution is -2.37. The van der Waals surface area contributed by atoms with Crippen LogP contribution >= 0.6 is 11.8 Å². The van der Waals surface area contributed by atoms with E-state index in [1.807, 2.05) is 11.8 Å². The molecule has 0 atom stereocenters. The molecule has 1 aliphatic carbocycles. The average Bonchev–Trinajstić information content (AvgIpc) is 2.40. The summed E-state index contributed by atoms with van der Waals surface area (Å²) in [6.45, 7) is 5.01. The van der Waals surface area contributed by atoms with Gasteiger partial charge in [0.05, 0.1) is 19.1 Å². The minimum Gasteiger partial charge on any atom is -0.481 e. The molecule has 0 bridgehead atoms. The van der Waals surface area contributed by atoms with Crippen molar-refractivity contribution in [3.8, 4) is 0 Å². The Bertz CT molecular complexity index is 261. The minimum atomic E-state index is -0.605. The number of carboxylic acid groups (broad SMARTS) is 1. The Hall–Kier alpha value is -0.260. The molecule has 2 fully saturated rings. The number of hydrogen-bond donors (Lipinski definition) is 1. The third kappa shape index (κ3) is 4.44. The van der Waals surface area contributed by atoms with Gasteiger partial charge in [-0.05, 0) is 25.7 Å². The van der Waals surface area contributed by atoms with Gasteiger partial charge in [-0.3, -0.25) is 9.69 Å². The van der Waals surface area contributed by atoms with E-state index in [-0.39, 0.29) is 5.92 Å². The molecule has 0 unspecified atom stereocenters. The third-order valence-electron chi connectivity index (χ3n) is 3.89. The summed E-state index contributed by atoms with van der Waals surface area (Å²) in [4.78, 5) is 13.3. The molecular formula is C13H23NO3S. The molecule has 1 saturated heterocycles. The highest BCUT2D eigenvalue weighted by atomic mass is 32.2. The van der Waals surface area contributed by atoms with E-state index >= 15 is 0 Å². The Balaban J connectivity index is 1.56. The lowest BCUT2D eigenvalue weighted by Gasteiger charge is -2.29. The average molecular weight is 273 g/mol. The van der Waals surface area contributed by atoms with Crippen LogP contribution in [0.5, 0.6) is 0 Å². The van der Waals surface area contributed by atoms with Gasteiger partial charge in [-0.15, -0.1) is 0 Å². The normalized spacial score (nSPS) is 30.2. The van der Waals surface area contributed by atoms with Crippen molar-refractivity contribution in [2.45, 2.75) is 30.9 Å². The summed E-state index contributed by atoms with van der Waals surface area (Å²) in [5.41, 5.74) is 0. The fraction of sp³-hybridized carbons (Fsp3) is 0.923. The van der Waals surface area contributed by atoms with E-state index in [0.29, 0.717) is 5.25 Å². The topological polar surface area (TPSA) is 49.8 Å². The second kappa shape index (κ2) is 7.36. The van der Waals surface area contributed by atoms with E-state index < -0.39 is 5.97 Å². The van der Waals surface area contributed by atoms with Crippen molar-refractivity contribution >= 4 is 17.7 Å². The van der Waals surface area contributed by atoms with Crippen molar-refractivity contribution in [2.24, 2.45) is 5.92 Å². The molecule has 0 amide bonds. The van der Waals surface area contributed by atoms with Crippen molar-refractivity contribution in [1.82, 2.24) is 4.90 Å². The first-order chi connectivity index (χ1) is 8.75. The Labute approximate surface area is 113 Å². The lowest BCUT2D eigenvalue weighted by molar-refractivity contribution is -0.142. The standard InChI is InChI=1S/C13H23NO3S/c15-13(16)11-1-3-12(4-2-11)18-10-7-14-5-8-17-9-6-14/h11-12H,1-10H2,(H,15,16). The first-order valence-electron chi connectivity index (χ1n) is 6.90. The van der Waals surface area contributed by atoms with Gasteiger partial charge in [-0.25, -0.2) is 0 Å². The Morgan fingerprint density at radius 1 is 1.22 bits per heavy atom. The summed E-state index contributed by atoms with van der Waals surface area (Å²) in [7, 11) is 0. The number of rotatable bonds is 5. The molecule has 0 aromatic heterocycles. The molecule has 0 radical (unpaired) electrons. The molecule has 18 heavy (non-hydrogen) atoms. The van der Waals surface area contributed by atoms with Crippen LogP contribution in [0.2, 0.25) is 0 Å². The maximum atomic E-state index is 10.9. The quantitative estimate of drug-likeness (QED) is 0.826. The van der Waals surface area contributed by atoms with Crippen LogP contribution in [0.1, 0.15) is 25.7 Å². The first-order valence-corrected chi connectivity index (χ1v) is 7.95. The number of aliphatic carboxylic acids is 1. The third-order valence-corrected chi connectivity index (χ3v) is 5.25. The SMILES string of the molecule is O=C(O)C1CCC(SCCN2CCOCC2)CC1. The lowest BCUT2D eigenvalue weighted by atomic mass is 9.89. The summed E-state index contributed by atoms with van der Waals surface area (Å²) >= 11 is 2.03. The van der Waals surface area contributed by atoms with Gasteiger partial charge >= 0.3 is 5.97 Å². The highest BCUT2D eigenvalue weighted by Gasteiger charge is 2.26. The van der Waals surface area contributed by atoms with Crippen molar-refractivity contribution in [3.05, 3.63) is 0 Å². The molecule has 104 valence electrons. The molecule has 1 N–H and O–H groups in total. The van der Waals surface area contributed by atoms with Gasteiger partial charge < -0.3 is 9.84 Å². The number of hydrogen-bond acceptors (Lipinski definition) is 4. The zero-order chi connectivity index (χ0) is 12.8. The van der Waals surface area contributed by atoms with Crippen molar-refractivity contribution in [3.63, 3.8) is 0 Å². The fourth-order valence-electron chi connectivity index (χ4n) is 2.65. The molecule has 2 rings (SSSR count). The van der Waals surface area contributed by atoms with Crippen LogP contribution < -0.4 is 0 Å². The summed E-state index contributed by atoms with van der Waals surface area (Å²) in [5, 5.41) is 9.63. The van der Waals surface area contributed by atoms with E-state index in [1.54, 1.807) is 0 Å².